The number of nitrogens with zero attached hydrogens (tertiary/aromatic N) is 1. The van der Waals surface area contributed by atoms with Gasteiger partial charge in [-0.3, -0.25) is 4.79 Å². The van der Waals surface area contributed by atoms with Crippen LogP contribution in [0.2, 0.25) is 0 Å². The minimum atomic E-state index is 0.188. The van der Waals surface area contributed by atoms with E-state index in [1.54, 1.807) is 7.11 Å². The van der Waals surface area contributed by atoms with Crippen LogP contribution < -0.4 is 5.32 Å². The average molecular weight is 290 g/mol. The van der Waals surface area contributed by atoms with Gasteiger partial charge in [0.25, 0.3) is 0 Å². The van der Waals surface area contributed by atoms with Gasteiger partial charge >= 0.3 is 0 Å². The molecule has 1 aliphatic heterocycles. The lowest BCUT2D eigenvalue weighted by Crippen LogP contribution is -2.38. The Hall–Kier alpha value is -1.39. The van der Waals surface area contributed by atoms with Crippen LogP contribution in [-0.2, 0) is 9.53 Å². The van der Waals surface area contributed by atoms with Crippen LogP contribution in [0.5, 0.6) is 0 Å². The maximum absolute atomic E-state index is 12.4. The summed E-state index contributed by atoms with van der Waals surface area (Å²) in [5.74, 6) is 0.188. The molecule has 0 saturated carbocycles. The minimum Gasteiger partial charge on any atom is -0.383 e. The molecule has 4 nitrogen and oxygen atoms in total. The van der Waals surface area contributed by atoms with Crippen molar-refractivity contribution in [3.05, 3.63) is 34.9 Å². The van der Waals surface area contributed by atoms with Crippen LogP contribution in [0.4, 0.5) is 0 Å². The zero-order chi connectivity index (χ0) is 15.2. The molecule has 1 aromatic rings. The van der Waals surface area contributed by atoms with Crippen molar-refractivity contribution >= 4 is 5.91 Å². The third kappa shape index (κ3) is 4.29. The van der Waals surface area contributed by atoms with Crippen molar-refractivity contribution in [1.29, 1.82) is 0 Å². The van der Waals surface area contributed by atoms with Gasteiger partial charge < -0.3 is 15.0 Å². The summed E-state index contributed by atoms with van der Waals surface area (Å²) in [6.07, 6.45) is 2.15. The Morgan fingerprint density at radius 3 is 2.71 bits per heavy atom. The number of likely N-dealkylation sites (tertiary alicyclic amines) is 1. The SMILES string of the molecule is COCCNCC(=O)N1CCC[C@H]1c1cc(C)cc(C)c1. The van der Waals surface area contributed by atoms with Crippen LogP contribution in [0.25, 0.3) is 0 Å². The van der Waals surface area contributed by atoms with Crippen molar-refractivity contribution in [3.8, 4) is 0 Å². The second-order valence-electron chi connectivity index (χ2n) is 5.84. The first-order valence-corrected chi connectivity index (χ1v) is 7.69. The first-order chi connectivity index (χ1) is 10.1. The van der Waals surface area contributed by atoms with Gasteiger partial charge in [0.15, 0.2) is 0 Å². The molecule has 4 heteroatoms. The standard InChI is InChI=1S/C17H26N2O2/c1-13-9-14(2)11-15(10-13)16-5-4-7-19(16)17(20)12-18-6-8-21-3/h9-11,16,18H,4-8,12H2,1-3H3/t16-/m0/s1. The number of nitrogens with one attached hydrogen (secondary N) is 1. The van der Waals surface area contributed by atoms with E-state index in [4.69, 9.17) is 4.74 Å². The van der Waals surface area contributed by atoms with Gasteiger partial charge in [-0.15, -0.1) is 0 Å². The van der Waals surface area contributed by atoms with Crippen LogP contribution in [0.15, 0.2) is 18.2 Å². The van der Waals surface area contributed by atoms with E-state index in [0.29, 0.717) is 19.7 Å². The van der Waals surface area contributed by atoms with Gasteiger partial charge in [0.2, 0.25) is 5.91 Å². The first kappa shape index (κ1) is 16.0. The summed E-state index contributed by atoms with van der Waals surface area (Å²) >= 11 is 0. The van der Waals surface area contributed by atoms with Gasteiger partial charge in [-0.25, -0.2) is 0 Å². The number of ether oxygens (including phenoxy) is 1. The lowest BCUT2D eigenvalue weighted by molar-refractivity contribution is -0.131. The molecule has 116 valence electrons. The fourth-order valence-corrected chi connectivity index (χ4v) is 3.09. The van der Waals surface area contributed by atoms with E-state index >= 15 is 0 Å². The van der Waals surface area contributed by atoms with Crippen molar-refractivity contribution in [2.75, 3.05) is 33.4 Å². The molecule has 1 fully saturated rings. The number of methoxy groups -OCH3 is 1. The highest BCUT2D eigenvalue weighted by Crippen LogP contribution is 2.32. The third-order valence-corrected chi connectivity index (χ3v) is 3.96. The Morgan fingerprint density at radius 1 is 1.33 bits per heavy atom. The molecule has 0 unspecified atom stereocenters. The Balaban J connectivity index is 2.00. The van der Waals surface area contributed by atoms with Crippen LogP contribution in [-0.4, -0.2) is 44.2 Å². The second-order valence-corrected chi connectivity index (χ2v) is 5.84. The number of hydrogen-bond donors (Lipinski definition) is 1. The Labute approximate surface area is 127 Å². The zero-order valence-corrected chi connectivity index (χ0v) is 13.3. The van der Waals surface area contributed by atoms with Crippen LogP contribution in [0.3, 0.4) is 0 Å². The summed E-state index contributed by atoms with van der Waals surface area (Å²) in [6.45, 7) is 6.83. The fourth-order valence-electron chi connectivity index (χ4n) is 3.09. The normalized spacial score (nSPS) is 18.2. The van der Waals surface area contributed by atoms with E-state index in [0.717, 1.165) is 19.4 Å². The van der Waals surface area contributed by atoms with Crippen molar-refractivity contribution in [3.63, 3.8) is 0 Å². The number of hydrogen-bond acceptors (Lipinski definition) is 3. The molecule has 1 N–H and O–H groups in total. The molecule has 1 aliphatic rings. The number of rotatable bonds is 6. The molecular formula is C17H26N2O2. The topological polar surface area (TPSA) is 41.6 Å². The summed E-state index contributed by atoms with van der Waals surface area (Å²) in [4.78, 5) is 14.4. The third-order valence-electron chi connectivity index (χ3n) is 3.96. The van der Waals surface area contributed by atoms with E-state index in [9.17, 15) is 4.79 Å². The molecule has 1 heterocycles. The number of aryl methyl sites for hydroxylation is 2. The van der Waals surface area contributed by atoms with Gasteiger partial charge in [0, 0.05) is 20.2 Å². The monoisotopic (exact) mass is 290 g/mol. The predicted molar refractivity (Wildman–Crippen MR) is 84.3 cm³/mol. The first-order valence-electron chi connectivity index (χ1n) is 7.69. The maximum Gasteiger partial charge on any atom is 0.237 e. The summed E-state index contributed by atoms with van der Waals surface area (Å²) in [7, 11) is 1.67. The summed E-state index contributed by atoms with van der Waals surface area (Å²) in [5.41, 5.74) is 3.81. The fraction of sp³-hybridized carbons (Fsp3) is 0.588. The highest BCUT2D eigenvalue weighted by atomic mass is 16.5. The molecular weight excluding hydrogens is 264 g/mol. The van der Waals surface area contributed by atoms with Crippen molar-refractivity contribution in [2.45, 2.75) is 32.7 Å². The van der Waals surface area contributed by atoms with Gasteiger partial charge in [0.05, 0.1) is 19.2 Å². The quantitative estimate of drug-likeness (QED) is 0.817. The smallest absolute Gasteiger partial charge is 0.237 e. The molecule has 1 saturated heterocycles. The van der Waals surface area contributed by atoms with Crippen LogP contribution >= 0.6 is 0 Å². The number of benzene rings is 1. The van der Waals surface area contributed by atoms with E-state index in [1.165, 1.54) is 16.7 Å². The summed E-state index contributed by atoms with van der Waals surface area (Å²) < 4.78 is 4.98. The maximum atomic E-state index is 12.4. The van der Waals surface area contributed by atoms with Gasteiger partial charge in [-0.1, -0.05) is 29.3 Å². The van der Waals surface area contributed by atoms with E-state index in [2.05, 4.69) is 37.4 Å². The van der Waals surface area contributed by atoms with Crippen LogP contribution in [0, 0.1) is 13.8 Å². The molecule has 21 heavy (non-hydrogen) atoms. The lowest BCUT2D eigenvalue weighted by atomic mass is 9.99. The molecule has 1 aromatic carbocycles. The Morgan fingerprint density at radius 2 is 2.05 bits per heavy atom. The molecule has 1 amide bonds. The molecule has 0 radical (unpaired) electrons. The Kier molecular flexibility index (Phi) is 5.76. The van der Waals surface area contributed by atoms with Crippen molar-refractivity contribution in [2.24, 2.45) is 0 Å². The van der Waals surface area contributed by atoms with E-state index < -0.39 is 0 Å². The summed E-state index contributed by atoms with van der Waals surface area (Å²) in [6, 6.07) is 6.83. The van der Waals surface area contributed by atoms with E-state index in [1.807, 2.05) is 4.90 Å². The van der Waals surface area contributed by atoms with Crippen LogP contribution in [0.1, 0.15) is 35.6 Å². The molecule has 0 spiro atoms. The number of carbonyl (C=O) groups is 1. The molecule has 2 rings (SSSR count). The second kappa shape index (κ2) is 7.57. The number of carbonyl (C=O) groups excluding carboxylic acids is 1. The largest absolute Gasteiger partial charge is 0.383 e. The summed E-state index contributed by atoms with van der Waals surface area (Å²) in [5, 5.41) is 3.14. The van der Waals surface area contributed by atoms with E-state index in [-0.39, 0.29) is 11.9 Å². The Bertz CT molecular complexity index is 467. The molecule has 0 aromatic heterocycles. The van der Waals surface area contributed by atoms with Crippen molar-refractivity contribution < 1.29 is 9.53 Å². The minimum absolute atomic E-state index is 0.188. The van der Waals surface area contributed by atoms with Crippen molar-refractivity contribution in [1.82, 2.24) is 10.2 Å². The highest BCUT2D eigenvalue weighted by Gasteiger charge is 2.29. The van der Waals surface area contributed by atoms with Gasteiger partial charge in [-0.2, -0.15) is 0 Å². The molecule has 1 atom stereocenters. The average Bonchev–Trinajstić information content (AvgIpc) is 2.92. The highest BCUT2D eigenvalue weighted by molar-refractivity contribution is 5.79. The lowest BCUT2D eigenvalue weighted by Gasteiger charge is -2.26. The van der Waals surface area contributed by atoms with Gasteiger partial charge in [-0.05, 0) is 32.3 Å². The predicted octanol–water partition coefficient (Wildman–Crippen LogP) is 2.20. The molecule has 0 aliphatic carbocycles. The van der Waals surface area contributed by atoms with Gasteiger partial charge in [0.1, 0.15) is 0 Å². The number of amides is 1. The zero-order valence-electron chi connectivity index (χ0n) is 13.3. The molecule has 0 bridgehead atoms.